The topological polar surface area (TPSA) is 22.1 Å². The van der Waals surface area contributed by atoms with Crippen LogP contribution in [0.5, 0.6) is 11.6 Å². The molecule has 0 fully saturated rings. The Morgan fingerprint density at radius 1 is 1.12 bits per heavy atom. The first-order chi connectivity index (χ1) is 8.15. The maximum atomic E-state index is 5.80. The second kappa shape index (κ2) is 5.19. The Morgan fingerprint density at radius 2 is 1.88 bits per heavy atom. The average Bonchev–Trinajstić information content (AvgIpc) is 2.29. The molecule has 17 heavy (non-hydrogen) atoms. The Kier molecular flexibility index (Phi) is 3.64. The van der Waals surface area contributed by atoms with Gasteiger partial charge in [-0.05, 0) is 29.7 Å². The summed E-state index contributed by atoms with van der Waals surface area (Å²) in [6.45, 7) is 4.30. The van der Waals surface area contributed by atoms with Crippen molar-refractivity contribution < 1.29 is 4.74 Å². The van der Waals surface area contributed by atoms with Crippen LogP contribution >= 0.6 is 11.6 Å². The van der Waals surface area contributed by atoms with Crippen molar-refractivity contribution >= 4 is 11.6 Å². The standard InChI is InChI=1S/C14H14ClNO/c1-10(2)11-5-3-6-12(9-11)17-14-8-4-7-13(15)16-14/h3-10H,1-2H3. The highest BCUT2D eigenvalue weighted by molar-refractivity contribution is 6.29. The minimum absolute atomic E-state index is 0.433. The lowest BCUT2D eigenvalue weighted by Crippen LogP contribution is -1.91. The van der Waals surface area contributed by atoms with E-state index in [1.807, 2.05) is 24.3 Å². The number of ether oxygens (including phenoxy) is 1. The fourth-order valence-electron chi connectivity index (χ4n) is 1.50. The molecule has 1 heterocycles. The van der Waals surface area contributed by atoms with Crippen molar-refractivity contribution in [3.63, 3.8) is 0 Å². The van der Waals surface area contributed by atoms with E-state index in [1.54, 1.807) is 12.1 Å². The highest BCUT2D eigenvalue weighted by atomic mass is 35.5. The number of nitrogens with zero attached hydrogens (tertiary/aromatic N) is 1. The van der Waals surface area contributed by atoms with E-state index in [2.05, 4.69) is 24.9 Å². The normalized spacial score (nSPS) is 10.6. The Balaban J connectivity index is 2.21. The maximum Gasteiger partial charge on any atom is 0.220 e. The number of aromatic nitrogens is 1. The van der Waals surface area contributed by atoms with Gasteiger partial charge in [0.25, 0.3) is 0 Å². The summed E-state index contributed by atoms with van der Waals surface area (Å²) < 4.78 is 5.65. The zero-order valence-corrected chi connectivity index (χ0v) is 10.6. The molecule has 0 saturated heterocycles. The molecule has 0 amide bonds. The second-order valence-corrected chi connectivity index (χ2v) is 4.52. The van der Waals surface area contributed by atoms with Gasteiger partial charge < -0.3 is 4.74 Å². The number of hydrogen-bond donors (Lipinski definition) is 0. The Labute approximate surface area is 106 Å². The molecule has 0 radical (unpaired) electrons. The average molecular weight is 248 g/mol. The summed E-state index contributed by atoms with van der Waals surface area (Å²) in [5.41, 5.74) is 1.24. The van der Waals surface area contributed by atoms with Crippen LogP contribution in [0.1, 0.15) is 25.3 Å². The molecular formula is C14H14ClNO. The fraction of sp³-hybridized carbons (Fsp3) is 0.214. The van der Waals surface area contributed by atoms with Crippen LogP contribution in [0.4, 0.5) is 0 Å². The van der Waals surface area contributed by atoms with Crippen molar-refractivity contribution in [2.45, 2.75) is 19.8 Å². The third-order valence-electron chi connectivity index (χ3n) is 2.44. The van der Waals surface area contributed by atoms with E-state index in [0.29, 0.717) is 17.0 Å². The number of hydrogen-bond acceptors (Lipinski definition) is 2. The quantitative estimate of drug-likeness (QED) is 0.737. The molecule has 2 rings (SSSR count). The van der Waals surface area contributed by atoms with Crippen molar-refractivity contribution in [1.82, 2.24) is 4.98 Å². The van der Waals surface area contributed by atoms with E-state index in [9.17, 15) is 0 Å². The summed E-state index contributed by atoms with van der Waals surface area (Å²) >= 11 is 5.80. The van der Waals surface area contributed by atoms with E-state index in [0.717, 1.165) is 5.75 Å². The van der Waals surface area contributed by atoms with Gasteiger partial charge in [0.15, 0.2) is 0 Å². The SMILES string of the molecule is CC(C)c1cccc(Oc2cccc(Cl)n2)c1. The lowest BCUT2D eigenvalue weighted by Gasteiger charge is -2.09. The fourth-order valence-corrected chi connectivity index (χ4v) is 1.66. The molecule has 0 bridgehead atoms. The Bertz CT molecular complexity index is 511. The minimum atomic E-state index is 0.433. The molecule has 88 valence electrons. The van der Waals surface area contributed by atoms with Crippen LogP contribution in [0, 0.1) is 0 Å². The highest BCUT2D eigenvalue weighted by Crippen LogP contribution is 2.24. The zero-order valence-electron chi connectivity index (χ0n) is 9.85. The highest BCUT2D eigenvalue weighted by Gasteiger charge is 2.03. The van der Waals surface area contributed by atoms with Gasteiger partial charge in [-0.15, -0.1) is 0 Å². The van der Waals surface area contributed by atoms with Crippen LogP contribution in [0.3, 0.4) is 0 Å². The van der Waals surface area contributed by atoms with Gasteiger partial charge in [0.2, 0.25) is 5.88 Å². The summed E-state index contributed by atoms with van der Waals surface area (Å²) in [6, 6.07) is 13.3. The van der Waals surface area contributed by atoms with Crippen molar-refractivity contribution in [2.24, 2.45) is 0 Å². The van der Waals surface area contributed by atoms with Gasteiger partial charge >= 0.3 is 0 Å². The van der Waals surface area contributed by atoms with Gasteiger partial charge in [-0.2, -0.15) is 0 Å². The predicted octanol–water partition coefficient (Wildman–Crippen LogP) is 4.65. The largest absolute Gasteiger partial charge is 0.439 e. The molecule has 0 saturated carbocycles. The number of rotatable bonds is 3. The molecular weight excluding hydrogens is 234 g/mol. The van der Waals surface area contributed by atoms with Gasteiger partial charge in [-0.1, -0.05) is 43.6 Å². The molecule has 2 nitrogen and oxygen atoms in total. The van der Waals surface area contributed by atoms with Crippen LogP contribution in [-0.2, 0) is 0 Å². The van der Waals surface area contributed by atoms with E-state index in [-0.39, 0.29) is 0 Å². The van der Waals surface area contributed by atoms with Crippen LogP contribution in [0.15, 0.2) is 42.5 Å². The monoisotopic (exact) mass is 247 g/mol. The van der Waals surface area contributed by atoms with Crippen molar-refractivity contribution in [3.8, 4) is 11.6 Å². The molecule has 1 aromatic heterocycles. The number of halogens is 1. The Hall–Kier alpha value is -1.54. The van der Waals surface area contributed by atoms with Crippen molar-refractivity contribution in [3.05, 3.63) is 53.2 Å². The second-order valence-electron chi connectivity index (χ2n) is 4.13. The van der Waals surface area contributed by atoms with Crippen molar-refractivity contribution in [1.29, 1.82) is 0 Å². The first-order valence-corrected chi connectivity index (χ1v) is 5.93. The lowest BCUT2D eigenvalue weighted by molar-refractivity contribution is 0.462. The molecule has 0 unspecified atom stereocenters. The summed E-state index contributed by atoms with van der Waals surface area (Å²) in [6.07, 6.45) is 0. The van der Waals surface area contributed by atoms with Crippen LogP contribution in [-0.4, -0.2) is 4.98 Å². The summed E-state index contributed by atoms with van der Waals surface area (Å²) in [5, 5.41) is 0.433. The van der Waals surface area contributed by atoms with E-state index < -0.39 is 0 Å². The Morgan fingerprint density at radius 3 is 2.59 bits per heavy atom. The molecule has 0 spiro atoms. The van der Waals surface area contributed by atoms with Crippen LogP contribution in [0.2, 0.25) is 5.15 Å². The smallest absolute Gasteiger partial charge is 0.220 e. The molecule has 0 N–H and O–H groups in total. The summed E-state index contributed by atoms with van der Waals surface area (Å²) in [4.78, 5) is 4.09. The number of benzene rings is 1. The van der Waals surface area contributed by atoms with Crippen LogP contribution < -0.4 is 4.74 Å². The van der Waals surface area contributed by atoms with E-state index in [1.165, 1.54) is 5.56 Å². The molecule has 3 heteroatoms. The van der Waals surface area contributed by atoms with Gasteiger partial charge in [-0.25, -0.2) is 4.98 Å². The lowest BCUT2D eigenvalue weighted by atomic mass is 10.0. The van der Waals surface area contributed by atoms with Gasteiger partial charge in [0.05, 0.1) is 0 Å². The van der Waals surface area contributed by atoms with Gasteiger partial charge in [0, 0.05) is 6.07 Å². The minimum Gasteiger partial charge on any atom is -0.439 e. The molecule has 1 aromatic carbocycles. The third-order valence-corrected chi connectivity index (χ3v) is 2.65. The van der Waals surface area contributed by atoms with E-state index in [4.69, 9.17) is 16.3 Å². The summed E-state index contributed by atoms with van der Waals surface area (Å²) in [5.74, 6) is 1.77. The molecule has 0 aliphatic heterocycles. The van der Waals surface area contributed by atoms with Gasteiger partial charge in [-0.3, -0.25) is 0 Å². The maximum absolute atomic E-state index is 5.80. The number of pyridine rings is 1. The summed E-state index contributed by atoms with van der Waals surface area (Å²) in [7, 11) is 0. The predicted molar refractivity (Wildman–Crippen MR) is 69.9 cm³/mol. The molecule has 2 aromatic rings. The third kappa shape index (κ3) is 3.21. The molecule has 0 aliphatic carbocycles. The van der Waals surface area contributed by atoms with E-state index >= 15 is 0 Å². The zero-order chi connectivity index (χ0) is 12.3. The van der Waals surface area contributed by atoms with Gasteiger partial charge in [0.1, 0.15) is 10.9 Å². The molecule has 0 atom stereocenters. The first-order valence-electron chi connectivity index (χ1n) is 5.55. The molecule has 0 aliphatic rings. The van der Waals surface area contributed by atoms with Crippen LogP contribution in [0.25, 0.3) is 0 Å². The van der Waals surface area contributed by atoms with Crippen molar-refractivity contribution in [2.75, 3.05) is 0 Å². The first kappa shape index (κ1) is 11.9.